The zero-order valence-electron chi connectivity index (χ0n) is 11.9. The minimum absolute atomic E-state index is 0.290. The van der Waals surface area contributed by atoms with E-state index in [0.717, 1.165) is 17.0 Å². The largest absolute Gasteiger partial charge is 0.494 e. The average molecular weight is 315 g/mol. The van der Waals surface area contributed by atoms with Crippen LogP contribution in [0.5, 0.6) is 5.75 Å². The smallest absolute Gasteiger partial charge is 0.200 e. The molecule has 1 aromatic heterocycles. The number of hydrogen-bond acceptors (Lipinski definition) is 3. The molecule has 0 amide bonds. The number of nitrogens with one attached hydrogen (secondary N) is 1. The van der Waals surface area contributed by atoms with E-state index in [-0.39, 0.29) is 5.82 Å². The van der Waals surface area contributed by atoms with E-state index >= 15 is 0 Å². The number of rotatable bonds is 4. The lowest BCUT2D eigenvalue weighted by Gasteiger charge is -2.08. The van der Waals surface area contributed by atoms with Crippen molar-refractivity contribution >= 4 is 12.2 Å². The molecule has 0 saturated heterocycles. The monoisotopic (exact) mass is 315 g/mol. The molecule has 6 heteroatoms. The summed E-state index contributed by atoms with van der Waals surface area (Å²) in [6.07, 6.45) is 0. The van der Waals surface area contributed by atoms with E-state index in [9.17, 15) is 4.39 Å². The summed E-state index contributed by atoms with van der Waals surface area (Å²) in [5.74, 6) is 1.18. The van der Waals surface area contributed by atoms with E-state index in [1.165, 1.54) is 12.1 Å². The summed E-state index contributed by atoms with van der Waals surface area (Å²) < 4.78 is 20.8. The molecule has 3 rings (SSSR count). The lowest BCUT2D eigenvalue weighted by molar-refractivity contribution is 0.340. The fraction of sp³-hybridized carbons (Fsp3) is 0.125. The first-order valence-corrected chi connectivity index (χ1v) is 7.26. The van der Waals surface area contributed by atoms with Crippen LogP contribution in [0.1, 0.15) is 6.92 Å². The maximum Gasteiger partial charge on any atom is 0.200 e. The number of benzene rings is 2. The van der Waals surface area contributed by atoms with Crippen molar-refractivity contribution in [2.24, 2.45) is 0 Å². The van der Waals surface area contributed by atoms with Crippen molar-refractivity contribution in [2.75, 3.05) is 6.61 Å². The fourth-order valence-corrected chi connectivity index (χ4v) is 2.42. The SMILES string of the molecule is CCOc1ccc(-c2n[nH]c(=S)n2-c2ccc(F)cc2)cc1. The van der Waals surface area contributed by atoms with Crippen LogP contribution < -0.4 is 4.74 Å². The molecule has 0 aliphatic heterocycles. The van der Waals surface area contributed by atoms with Crippen LogP contribution in [0.4, 0.5) is 4.39 Å². The Morgan fingerprint density at radius 3 is 2.45 bits per heavy atom. The van der Waals surface area contributed by atoms with Gasteiger partial charge in [0.05, 0.1) is 12.3 Å². The number of hydrogen-bond donors (Lipinski definition) is 1. The second-order valence-electron chi connectivity index (χ2n) is 4.62. The van der Waals surface area contributed by atoms with Gasteiger partial charge in [0.15, 0.2) is 10.6 Å². The van der Waals surface area contributed by atoms with Crippen LogP contribution in [0.15, 0.2) is 48.5 Å². The van der Waals surface area contributed by atoms with Gasteiger partial charge in [-0.05, 0) is 67.7 Å². The molecule has 0 fully saturated rings. The molecule has 0 unspecified atom stereocenters. The van der Waals surface area contributed by atoms with Crippen LogP contribution in [0.25, 0.3) is 17.1 Å². The predicted molar refractivity (Wildman–Crippen MR) is 85.3 cm³/mol. The minimum Gasteiger partial charge on any atom is -0.494 e. The van der Waals surface area contributed by atoms with E-state index in [2.05, 4.69) is 10.2 Å². The Kier molecular flexibility index (Phi) is 4.02. The highest BCUT2D eigenvalue weighted by Gasteiger charge is 2.11. The van der Waals surface area contributed by atoms with Gasteiger partial charge >= 0.3 is 0 Å². The summed E-state index contributed by atoms with van der Waals surface area (Å²) in [4.78, 5) is 0. The topological polar surface area (TPSA) is 42.8 Å². The Bertz CT molecular complexity index is 822. The van der Waals surface area contributed by atoms with E-state index in [4.69, 9.17) is 17.0 Å². The minimum atomic E-state index is -0.290. The van der Waals surface area contributed by atoms with Gasteiger partial charge in [-0.2, -0.15) is 5.10 Å². The van der Waals surface area contributed by atoms with E-state index in [1.807, 2.05) is 31.2 Å². The summed E-state index contributed by atoms with van der Waals surface area (Å²) in [7, 11) is 0. The molecule has 1 heterocycles. The standard InChI is InChI=1S/C16H14FN3OS/c1-2-21-14-9-3-11(4-10-14)15-18-19-16(22)20(15)13-7-5-12(17)6-8-13/h3-10H,2H2,1H3,(H,19,22). The first-order valence-electron chi connectivity index (χ1n) is 6.85. The zero-order chi connectivity index (χ0) is 15.5. The second kappa shape index (κ2) is 6.11. The van der Waals surface area contributed by atoms with E-state index < -0.39 is 0 Å². The van der Waals surface area contributed by atoms with Crippen LogP contribution in [-0.4, -0.2) is 21.4 Å². The Morgan fingerprint density at radius 2 is 1.82 bits per heavy atom. The molecular formula is C16H14FN3OS. The molecule has 1 N–H and O–H groups in total. The van der Waals surface area contributed by atoms with Gasteiger partial charge < -0.3 is 4.74 Å². The molecule has 3 aromatic rings. The summed E-state index contributed by atoms with van der Waals surface area (Å²) in [6, 6.07) is 13.7. The molecule has 0 aliphatic carbocycles. The maximum atomic E-state index is 13.1. The molecule has 22 heavy (non-hydrogen) atoms. The van der Waals surface area contributed by atoms with Crippen molar-refractivity contribution in [2.45, 2.75) is 6.92 Å². The van der Waals surface area contributed by atoms with Crippen LogP contribution >= 0.6 is 12.2 Å². The molecule has 112 valence electrons. The van der Waals surface area contributed by atoms with Gasteiger partial charge in [-0.15, -0.1) is 0 Å². The van der Waals surface area contributed by atoms with Gasteiger partial charge in [-0.25, -0.2) is 4.39 Å². The van der Waals surface area contributed by atoms with Gasteiger partial charge in [0.2, 0.25) is 0 Å². The van der Waals surface area contributed by atoms with Gasteiger partial charge in [0.1, 0.15) is 11.6 Å². The summed E-state index contributed by atoms with van der Waals surface area (Å²) in [5, 5.41) is 7.05. The molecule has 0 saturated carbocycles. The third-order valence-corrected chi connectivity index (χ3v) is 3.45. The van der Waals surface area contributed by atoms with Gasteiger partial charge in [0.25, 0.3) is 0 Å². The Balaban J connectivity index is 2.05. The van der Waals surface area contributed by atoms with Crippen molar-refractivity contribution in [1.82, 2.24) is 14.8 Å². The molecule has 0 spiro atoms. The molecule has 0 aliphatic rings. The lowest BCUT2D eigenvalue weighted by atomic mass is 10.2. The highest BCUT2D eigenvalue weighted by molar-refractivity contribution is 7.71. The highest BCUT2D eigenvalue weighted by Crippen LogP contribution is 2.24. The first-order chi connectivity index (χ1) is 10.7. The van der Waals surface area contributed by atoms with Gasteiger partial charge in [-0.1, -0.05) is 0 Å². The summed E-state index contributed by atoms with van der Waals surface area (Å²) in [5.41, 5.74) is 1.64. The maximum absolute atomic E-state index is 13.1. The molecule has 0 radical (unpaired) electrons. The van der Waals surface area contributed by atoms with Crippen molar-refractivity contribution in [1.29, 1.82) is 0 Å². The second-order valence-corrected chi connectivity index (χ2v) is 5.01. The zero-order valence-corrected chi connectivity index (χ0v) is 12.7. The quantitative estimate of drug-likeness (QED) is 0.736. The van der Waals surface area contributed by atoms with Crippen LogP contribution in [0.3, 0.4) is 0 Å². The number of H-pyrrole nitrogens is 1. The fourth-order valence-electron chi connectivity index (χ4n) is 2.19. The predicted octanol–water partition coefficient (Wildman–Crippen LogP) is 4.13. The van der Waals surface area contributed by atoms with Crippen molar-refractivity contribution in [3.8, 4) is 22.8 Å². The molecule has 0 atom stereocenters. The average Bonchev–Trinajstić information content (AvgIpc) is 2.91. The van der Waals surface area contributed by atoms with Gasteiger partial charge in [-0.3, -0.25) is 9.67 Å². The Hall–Kier alpha value is -2.47. The highest BCUT2D eigenvalue weighted by atomic mass is 32.1. The van der Waals surface area contributed by atoms with E-state index in [0.29, 0.717) is 17.2 Å². The third kappa shape index (κ3) is 2.78. The Morgan fingerprint density at radius 1 is 1.14 bits per heavy atom. The van der Waals surface area contributed by atoms with E-state index in [1.54, 1.807) is 16.7 Å². The summed E-state index contributed by atoms with van der Waals surface area (Å²) >= 11 is 5.28. The van der Waals surface area contributed by atoms with Crippen molar-refractivity contribution in [3.63, 3.8) is 0 Å². The number of ether oxygens (including phenoxy) is 1. The molecule has 0 bridgehead atoms. The number of aromatic amines is 1. The van der Waals surface area contributed by atoms with Crippen molar-refractivity contribution in [3.05, 3.63) is 59.1 Å². The number of halogens is 1. The molecule has 4 nitrogen and oxygen atoms in total. The Labute approximate surface area is 132 Å². The van der Waals surface area contributed by atoms with Crippen LogP contribution in [0.2, 0.25) is 0 Å². The summed E-state index contributed by atoms with van der Waals surface area (Å²) in [6.45, 7) is 2.56. The normalized spacial score (nSPS) is 10.6. The third-order valence-electron chi connectivity index (χ3n) is 3.18. The number of aromatic nitrogens is 3. The van der Waals surface area contributed by atoms with Crippen LogP contribution in [0, 0.1) is 10.6 Å². The lowest BCUT2D eigenvalue weighted by Crippen LogP contribution is -1.98. The van der Waals surface area contributed by atoms with Gasteiger partial charge in [0, 0.05) is 5.56 Å². The molecule has 2 aromatic carbocycles. The molecular weight excluding hydrogens is 301 g/mol. The first kappa shape index (κ1) is 14.5. The van der Waals surface area contributed by atoms with Crippen molar-refractivity contribution < 1.29 is 9.13 Å². The van der Waals surface area contributed by atoms with Crippen LogP contribution in [-0.2, 0) is 0 Å². The number of nitrogens with zero attached hydrogens (tertiary/aromatic N) is 2.